The number of primary amides is 2. The second-order valence-electron chi connectivity index (χ2n) is 27.4. The number of thiol groups is 2. The summed E-state index contributed by atoms with van der Waals surface area (Å²) in [6, 6.07) is -12.9. The van der Waals surface area contributed by atoms with Crippen LogP contribution in [0.5, 0.6) is 0 Å². The second-order valence-corrected chi connectivity index (χ2v) is 28.2. The van der Waals surface area contributed by atoms with E-state index in [1.54, 1.807) is 58.0 Å². The molecule has 27 N–H and O–H groups in total. The number of carboxylic acids is 1. The molecule has 111 heavy (non-hydrogen) atoms. The molecule has 624 valence electrons. The van der Waals surface area contributed by atoms with Gasteiger partial charge in [-0.2, -0.15) is 25.3 Å². The first kappa shape index (κ1) is 99.2. The van der Waals surface area contributed by atoms with Gasteiger partial charge in [-0.15, -0.1) is 0 Å². The zero-order chi connectivity index (χ0) is 84.5. The highest BCUT2D eigenvalue weighted by Crippen LogP contribution is 2.12. The molecule has 1 aromatic carbocycles. The highest BCUT2D eigenvalue weighted by Gasteiger charge is 2.38. The summed E-state index contributed by atoms with van der Waals surface area (Å²) in [6.07, 6.45) is -2.11. The van der Waals surface area contributed by atoms with Crippen molar-refractivity contribution in [3.05, 3.63) is 35.9 Å². The Morgan fingerprint density at radius 3 is 1.24 bits per heavy atom. The van der Waals surface area contributed by atoms with E-state index in [2.05, 4.69) is 105 Å². The van der Waals surface area contributed by atoms with Crippen molar-refractivity contribution in [2.45, 2.75) is 217 Å². The van der Waals surface area contributed by atoms with Gasteiger partial charge >= 0.3 is 5.97 Å². The number of aliphatic hydroxyl groups is 3. The van der Waals surface area contributed by atoms with Gasteiger partial charge in [0.2, 0.25) is 100 Å². The average molecular weight is 1610 g/mol. The van der Waals surface area contributed by atoms with Crippen molar-refractivity contribution in [2.75, 3.05) is 44.4 Å². The van der Waals surface area contributed by atoms with E-state index in [1.807, 2.05) is 13.8 Å². The Morgan fingerprint density at radius 1 is 0.405 bits per heavy atom. The van der Waals surface area contributed by atoms with Crippen LogP contribution in [0.15, 0.2) is 30.3 Å². The summed E-state index contributed by atoms with van der Waals surface area (Å²) >= 11 is 8.20. The Kier molecular flexibility index (Phi) is 46.1. The minimum absolute atomic E-state index is 0.00677. The van der Waals surface area contributed by atoms with Gasteiger partial charge in [0.15, 0.2) is 0 Å². The lowest BCUT2D eigenvalue weighted by molar-refractivity contribution is -0.142. The Morgan fingerprint density at radius 2 is 0.784 bits per heavy atom. The summed E-state index contributed by atoms with van der Waals surface area (Å²) in [4.78, 5) is 237. The molecule has 0 heterocycles. The number of hydrogen-bond donors (Lipinski definition) is 25. The number of aliphatic hydroxyl groups excluding tert-OH is 3. The van der Waals surface area contributed by atoms with Crippen molar-refractivity contribution in [2.24, 2.45) is 40.7 Å². The second kappa shape index (κ2) is 51.6. The summed E-state index contributed by atoms with van der Waals surface area (Å²) in [6.45, 7) is 10.2. The van der Waals surface area contributed by atoms with Crippen LogP contribution in [0.25, 0.3) is 0 Å². The number of carboxylic acid groups (broad SMARTS) is 1. The summed E-state index contributed by atoms with van der Waals surface area (Å²) in [7, 11) is 0. The zero-order valence-corrected chi connectivity index (χ0v) is 65.4. The largest absolute Gasteiger partial charge is 0.480 e. The first-order chi connectivity index (χ1) is 52.0. The standard InChI is InChI=1S/C68H113N19O22S2/c1-32(2)23-39(70)57(97)80-40(18-20-49(71)91)58(98)73-26-51(93)77-43(24-33(3)4)61(101)86-53(34(5)6)66(106)83-46(29-89)62(102)75-36(8)56(96)82-44(25-38-15-11-10-12-16-38)59(99)74-27-52(94)78-45(28-88)63(103)84-48(31-111)65(105)87-54(37(9)90)67(107)85-47(30-110)64(104)76-35(7)55(95)79-41(19-21-50(72)92)60(100)81-42(68(108)109)17-13-14-22-69/h10-12,15-16,32-37,39-48,53-54,88-90,110-111H,13-14,17-31,69-70H2,1-9H3,(H2,71,91)(H2,72,92)(H,73,98)(H,74,99)(H,75,102)(H,76,104)(H,77,93)(H,78,94)(H,79,95)(H,80,97)(H,81,100)(H,82,96)(H,83,106)(H,84,103)(H,85,107)(H,86,101)(H,87,105)(H,108,109)/t35-,36-,37+,39-,40-,41-,42-,43-,44-,45-,46-,47-,48-,53-,54-/m0/s1. The molecule has 0 bridgehead atoms. The Balaban J connectivity index is 3.13. The van der Waals surface area contributed by atoms with E-state index in [-0.39, 0.29) is 63.3 Å². The SMILES string of the molecule is CC(C)C[C@H](NC(=O)CNC(=O)[C@H](CCC(N)=O)NC(=O)[C@@H](N)CC(C)C)C(=O)N[C@H](C(=O)N[C@@H](CO)C(=O)N[C@@H](C)C(=O)N[C@@H](Cc1ccccc1)C(=O)NCC(=O)N[C@@H](CO)C(=O)N[C@@H](CS)C(=O)N[C@H](C(=O)N[C@@H](CS)C(=O)N[C@@H](C)C(=O)N[C@@H](CCC(N)=O)C(=O)N[C@@H](CCCCN)C(=O)O)[C@@H](C)O)C(C)C. The van der Waals surface area contributed by atoms with E-state index < -0.39 is 247 Å². The molecule has 1 aromatic rings. The minimum Gasteiger partial charge on any atom is -0.480 e. The van der Waals surface area contributed by atoms with Crippen LogP contribution in [0.2, 0.25) is 0 Å². The predicted octanol–water partition coefficient (Wildman–Crippen LogP) is -9.15. The fourth-order valence-corrected chi connectivity index (χ4v) is 10.7. The molecule has 0 saturated carbocycles. The quantitative estimate of drug-likeness (QED) is 0.0213. The van der Waals surface area contributed by atoms with Crippen LogP contribution in [0.1, 0.15) is 126 Å². The summed E-state index contributed by atoms with van der Waals surface area (Å²) < 4.78 is 0. The maximum absolute atomic E-state index is 13.9. The third-order valence-electron chi connectivity index (χ3n) is 16.5. The van der Waals surface area contributed by atoms with Crippen LogP contribution in [-0.4, -0.2) is 262 Å². The molecule has 43 heteroatoms. The summed E-state index contributed by atoms with van der Waals surface area (Å²) in [5.74, 6) is -19.8. The third kappa shape index (κ3) is 38.1. The van der Waals surface area contributed by atoms with Crippen LogP contribution in [0, 0.1) is 17.8 Å². The van der Waals surface area contributed by atoms with E-state index in [4.69, 9.17) is 22.9 Å². The van der Waals surface area contributed by atoms with Crippen molar-refractivity contribution in [3.63, 3.8) is 0 Å². The number of nitrogens with one attached hydrogen (secondary N) is 15. The third-order valence-corrected chi connectivity index (χ3v) is 17.2. The maximum atomic E-state index is 13.9. The number of carbonyl (C=O) groups is 18. The minimum atomic E-state index is -1.86. The molecule has 0 saturated heterocycles. The van der Waals surface area contributed by atoms with Crippen LogP contribution in [0.4, 0.5) is 0 Å². The van der Waals surface area contributed by atoms with E-state index in [9.17, 15) is 107 Å². The van der Waals surface area contributed by atoms with Gasteiger partial charge in [0.1, 0.15) is 78.5 Å². The number of aliphatic carboxylic acids is 1. The molecular formula is C68H113N19O22S2. The van der Waals surface area contributed by atoms with Gasteiger partial charge < -0.3 is 123 Å². The van der Waals surface area contributed by atoms with Crippen molar-refractivity contribution in [1.82, 2.24) is 79.8 Å². The van der Waals surface area contributed by atoms with Gasteiger partial charge in [0.05, 0.1) is 38.4 Å². The number of benzene rings is 1. The molecule has 0 aliphatic rings. The fourth-order valence-electron chi connectivity index (χ4n) is 10.2. The van der Waals surface area contributed by atoms with E-state index in [0.29, 0.717) is 18.4 Å². The van der Waals surface area contributed by atoms with Crippen LogP contribution < -0.4 is 103 Å². The van der Waals surface area contributed by atoms with Gasteiger partial charge in [0, 0.05) is 30.8 Å². The molecule has 0 radical (unpaired) electrons. The van der Waals surface area contributed by atoms with Gasteiger partial charge in [-0.1, -0.05) is 71.9 Å². The first-order valence-corrected chi connectivity index (χ1v) is 37.2. The molecule has 0 spiro atoms. The van der Waals surface area contributed by atoms with Crippen molar-refractivity contribution in [1.29, 1.82) is 0 Å². The fraction of sp³-hybridized carbons (Fsp3) is 0.647. The molecule has 41 nitrogen and oxygen atoms in total. The molecule has 0 aromatic heterocycles. The summed E-state index contributed by atoms with van der Waals surface area (Å²) in [5.41, 5.74) is 22.5. The number of unbranched alkanes of at least 4 members (excludes halogenated alkanes) is 1. The molecule has 0 unspecified atom stereocenters. The van der Waals surface area contributed by atoms with Gasteiger partial charge in [-0.25, -0.2) is 4.79 Å². The molecular weight excluding hydrogens is 1500 g/mol. The highest BCUT2D eigenvalue weighted by molar-refractivity contribution is 7.80. The molecule has 0 aliphatic heterocycles. The molecule has 0 fully saturated rings. The first-order valence-electron chi connectivity index (χ1n) is 35.9. The van der Waals surface area contributed by atoms with Gasteiger partial charge in [-0.05, 0) is 95.6 Å². The smallest absolute Gasteiger partial charge is 0.326 e. The van der Waals surface area contributed by atoms with Crippen LogP contribution in [-0.2, 0) is 92.7 Å². The monoisotopic (exact) mass is 1610 g/mol. The van der Waals surface area contributed by atoms with E-state index >= 15 is 0 Å². The van der Waals surface area contributed by atoms with E-state index in [0.717, 1.165) is 6.92 Å². The number of carbonyl (C=O) groups excluding carboxylic acids is 17. The Bertz CT molecular complexity index is 3340. The lowest BCUT2D eigenvalue weighted by Gasteiger charge is -2.28. The number of hydrogen-bond acceptors (Lipinski definition) is 25. The van der Waals surface area contributed by atoms with Crippen molar-refractivity contribution < 1.29 is 107 Å². The summed E-state index contributed by atoms with van der Waals surface area (Å²) in [5, 5.41) is 76.0. The Hall–Kier alpha value is -9.82. The number of nitrogens with two attached hydrogens (primary N) is 4. The van der Waals surface area contributed by atoms with Gasteiger partial charge in [0.25, 0.3) is 0 Å². The zero-order valence-electron chi connectivity index (χ0n) is 63.6. The normalized spacial score (nSPS) is 15.2. The van der Waals surface area contributed by atoms with Crippen LogP contribution >= 0.6 is 25.3 Å². The van der Waals surface area contributed by atoms with Crippen LogP contribution in [0.3, 0.4) is 0 Å². The highest BCUT2D eigenvalue weighted by atomic mass is 32.1. The predicted molar refractivity (Wildman–Crippen MR) is 405 cm³/mol. The van der Waals surface area contributed by atoms with Gasteiger partial charge in [-0.3, -0.25) is 81.5 Å². The van der Waals surface area contributed by atoms with E-state index in [1.165, 1.54) is 13.8 Å². The molecule has 17 amide bonds. The average Bonchev–Trinajstić information content (AvgIpc) is 0.860. The lowest BCUT2D eigenvalue weighted by atomic mass is 9.99. The molecule has 15 atom stereocenters. The van der Waals surface area contributed by atoms with Crippen molar-refractivity contribution >= 4 is 132 Å². The maximum Gasteiger partial charge on any atom is 0.326 e. The Labute approximate surface area is 653 Å². The topological polar surface area (TPSA) is 673 Å². The number of amides is 17. The lowest BCUT2D eigenvalue weighted by Crippen LogP contribution is -2.62. The number of rotatable bonds is 53. The molecule has 1 rings (SSSR count). The molecule has 0 aliphatic carbocycles. The van der Waals surface area contributed by atoms with Crippen molar-refractivity contribution in [3.8, 4) is 0 Å².